The molecule has 0 bridgehead atoms. The molecule has 96 valence electrons. The third kappa shape index (κ3) is 2.64. The van der Waals surface area contributed by atoms with E-state index in [9.17, 15) is 0 Å². The molecule has 0 aliphatic carbocycles. The van der Waals surface area contributed by atoms with Crippen LogP contribution in [0.3, 0.4) is 0 Å². The Kier molecular flexibility index (Phi) is 3.87. The monoisotopic (exact) mass is 245 g/mol. The summed E-state index contributed by atoms with van der Waals surface area (Å²) in [5.41, 5.74) is 7.61. The Balaban J connectivity index is 2.39. The Labute approximate surface area is 107 Å². The number of nitrogens with zero attached hydrogens (tertiary/aromatic N) is 2. The van der Waals surface area contributed by atoms with Crippen molar-refractivity contribution in [2.24, 2.45) is 0 Å². The highest BCUT2D eigenvalue weighted by molar-refractivity contribution is 5.54. The fraction of sp³-hybridized carbons (Fsp3) is 0.357. The van der Waals surface area contributed by atoms with Gasteiger partial charge in [0, 0.05) is 36.6 Å². The average molecular weight is 245 g/mol. The van der Waals surface area contributed by atoms with E-state index in [2.05, 4.69) is 16.5 Å². The lowest BCUT2D eigenvalue weighted by Gasteiger charge is -2.11. The van der Waals surface area contributed by atoms with Crippen molar-refractivity contribution in [3.8, 4) is 11.4 Å². The first-order chi connectivity index (χ1) is 8.74. The number of aryl methyl sites for hydroxylation is 1. The average Bonchev–Trinajstić information content (AvgIpc) is 2.77. The molecule has 0 aliphatic heterocycles. The van der Waals surface area contributed by atoms with Crippen molar-refractivity contribution >= 4 is 5.69 Å². The predicted molar refractivity (Wildman–Crippen MR) is 73.1 cm³/mol. The number of rotatable bonds is 5. The molecule has 0 saturated carbocycles. The Bertz CT molecular complexity index is 520. The molecule has 0 spiro atoms. The van der Waals surface area contributed by atoms with E-state index < -0.39 is 0 Å². The summed E-state index contributed by atoms with van der Waals surface area (Å²) in [4.78, 5) is 4.37. The van der Waals surface area contributed by atoms with Crippen LogP contribution in [0.15, 0.2) is 30.6 Å². The highest BCUT2D eigenvalue weighted by Gasteiger charge is 2.06. The lowest BCUT2D eigenvalue weighted by molar-refractivity contribution is 0.340. The van der Waals surface area contributed by atoms with Crippen molar-refractivity contribution in [2.75, 3.05) is 12.3 Å². The van der Waals surface area contributed by atoms with E-state index in [0.717, 1.165) is 30.1 Å². The van der Waals surface area contributed by atoms with Crippen LogP contribution in [-0.2, 0) is 6.42 Å². The smallest absolute Gasteiger partial charge is 0.123 e. The number of nitrogens with two attached hydrogens (primary N) is 1. The Morgan fingerprint density at radius 2 is 2.11 bits per heavy atom. The van der Waals surface area contributed by atoms with Crippen LogP contribution in [0.25, 0.3) is 5.69 Å². The third-order valence-corrected chi connectivity index (χ3v) is 2.69. The van der Waals surface area contributed by atoms with E-state index in [1.165, 1.54) is 0 Å². The maximum Gasteiger partial charge on any atom is 0.123 e. The van der Waals surface area contributed by atoms with Gasteiger partial charge in [-0.1, -0.05) is 6.92 Å². The minimum absolute atomic E-state index is 0.634. The SMILES string of the molecule is CCCc1nccn1-c1cc(N)cc(OCC)c1. The molecule has 0 atom stereocenters. The van der Waals surface area contributed by atoms with Crippen LogP contribution in [0, 0.1) is 0 Å². The molecular formula is C14H19N3O. The van der Waals surface area contributed by atoms with E-state index >= 15 is 0 Å². The molecule has 2 N–H and O–H groups in total. The fourth-order valence-electron chi connectivity index (χ4n) is 1.97. The Morgan fingerprint density at radius 3 is 2.83 bits per heavy atom. The molecule has 2 rings (SSSR count). The van der Waals surface area contributed by atoms with Gasteiger partial charge in [0.05, 0.1) is 12.3 Å². The molecule has 1 aromatic carbocycles. The zero-order valence-electron chi connectivity index (χ0n) is 10.9. The second-order valence-electron chi connectivity index (χ2n) is 4.16. The highest BCUT2D eigenvalue weighted by atomic mass is 16.5. The number of imidazole rings is 1. The van der Waals surface area contributed by atoms with Gasteiger partial charge in [-0.15, -0.1) is 0 Å². The molecule has 0 radical (unpaired) electrons. The third-order valence-electron chi connectivity index (χ3n) is 2.69. The number of hydrogen-bond acceptors (Lipinski definition) is 3. The van der Waals surface area contributed by atoms with Crippen molar-refractivity contribution in [1.29, 1.82) is 0 Å². The zero-order chi connectivity index (χ0) is 13.0. The quantitative estimate of drug-likeness (QED) is 0.824. The summed E-state index contributed by atoms with van der Waals surface area (Å²) in [5.74, 6) is 1.84. The first kappa shape index (κ1) is 12.5. The Hall–Kier alpha value is -1.97. The highest BCUT2D eigenvalue weighted by Crippen LogP contribution is 2.23. The molecule has 18 heavy (non-hydrogen) atoms. The van der Waals surface area contributed by atoms with E-state index in [1.54, 1.807) is 0 Å². The van der Waals surface area contributed by atoms with Crippen LogP contribution in [0.5, 0.6) is 5.75 Å². The molecule has 4 nitrogen and oxygen atoms in total. The second kappa shape index (κ2) is 5.58. The molecule has 1 aromatic heterocycles. The van der Waals surface area contributed by atoms with Crippen molar-refractivity contribution in [3.05, 3.63) is 36.4 Å². The van der Waals surface area contributed by atoms with Gasteiger partial charge in [0.2, 0.25) is 0 Å². The van der Waals surface area contributed by atoms with E-state index in [-0.39, 0.29) is 0 Å². The van der Waals surface area contributed by atoms with Gasteiger partial charge >= 0.3 is 0 Å². The van der Waals surface area contributed by atoms with Gasteiger partial charge in [-0.2, -0.15) is 0 Å². The van der Waals surface area contributed by atoms with E-state index in [4.69, 9.17) is 10.5 Å². The molecule has 0 unspecified atom stereocenters. The first-order valence-electron chi connectivity index (χ1n) is 6.30. The zero-order valence-corrected chi connectivity index (χ0v) is 10.9. The van der Waals surface area contributed by atoms with Gasteiger partial charge < -0.3 is 15.0 Å². The fourth-order valence-corrected chi connectivity index (χ4v) is 1.97. The van der Waals surface area contributed by atoms with Crippen molar-refractivity contribution in [2.45, 2.75) is 26.7 Å². The predicted octanol–water partition coefficient (Wildman–Crippen LogP) is 2.81. The van der Waals surface area contributed by atoms with E-state index in [0.29, 0.717) is 12.3 Å². The van der Waals surface area contributed by atoms with Crippen molar-refractivity contribution in [1.82, 2.24) is 9.55 Å². The van der Waals surface area contributed by atoms with Crippen LogP contribution >= 0.6 is 0 Å². The minimum Gasteiger partial charge on any atom is -0.494 e. The molecular weight excluding hydrogens is 226 g/mol. The molecule has 2 aromatic rings. The maximum atomic E-state index is 5.91. The normalized spacial score (nSPS) is 10.6. The summed E-state index contributed by atoms with van der Waals surface area (Å²) in [6.07, 6.45) is 5.79. The standard InChI is InChI=1S/C14H19N3O/c1-3-5-14-16-6-7-17(14)12-8-11(15)9-13(10-12)18-4-2/h6-10H,3-5,15H2,1-2H3. The summed E-state index contributed by atoms with van der Waals surface area (Å²) < 4.78 is 7.57. The van der Waals surface area contributed by atoms with Crippen LogP contribution in [0.2, 0.25) is 0 Å². The topological polar surface area (TPSA) is 53.1 Å². The summed E-state index contributed by atoms with van der Waals surface area (Å²) in [6, 6.07) is 5.76. The largest absolute Gasteiger partial charge is 0.494 e. The van der Waals surface area contributed by atoms with Gasteiger partial charge in [-0.25, -0.2) is 4.98 Å². The number of anilines is 1. The van der Waals surface area contributed by atoms with Gasteiger partial charge in [0.15, 0.2) is 0 Å². The molecule has 0 amide bonds. The van der Waals surface area contributed by atoms with Gasteiger partial charge in [0.25, 0.3) is 0 Å². The maximum absolute atomic E-state index is 5.91. The van der Waals surface area contributed by atoms with Crippen LogP contribution in [-0.4, -0.2) is 16.2 Å². The summed E-state index contributed by atoms with van der Waals surface area (Å²) in [5, 5.41) is 0. The number of hydrogen-bond donors (Lipinski definition) is 1. The van der Waals surface area contributed by atoms with Gasteiger partial charge in [-0.05, 0) is 19.4 Å². The summed E-state index contributed by atoms with van der Waals surface area (Å²) >= 11 is 0. The summed E-state index contributed by atoms with van der Waals surface area (Å²) in [6.45, 7) is 4.74. The minimum atomic E-state index is 0.634. The van der Waals surface area contributed by atoms with Crippen LogP contribution < -0.4 is 10.5 Å². The number of ether oxygens (including phenoxy) is 1. The second-order valence-corrected chi connectivity index (χ2v) is 4.16. The van der Waals surface area contributed by atoms with E-state index in [1.807, 2.05) is 37.5 Å². The Morgan fingerprint density at radius 1 is 1.28 bits per heavy atom. The van der Waals surface area contributed by atoms with Gasteiger partial charge in [0.1, 0.15) is 11.6 Å². The van der Waals surface area contributed by atoms with Gasteiger partial charge in [-0.3, -0.25) is 0 Å². The molecule has 4 heteroatoms. The van der Waals surface area contributed by atoms with Crippen molar-refractivity contribution in [3.63, 3.8) is 0 Å². The van der Waals surface area contributed by atoms with Crippen LogP contribution in [0.1, 0.15) is 26.1 Å². The molecule has 1 heterocycles. The first-order valence-corrected chi connectivity index (χ1v) is 6.30. The molecule has 0 saturated heterocycles. The van der Waals surface area contributed by atoms with Crippen molar-refractivity contribution < 1.29 is 4.74 Å². The number of benzene rings is 1. The lowest BCUT2D eigenvalue weighted by atomic mass is 10.2. The lowest BCUT2D eigenvalue weighted by Crippen LogP contribution is -2.02. The summed E-state index contributed by atoms with van der Waals surface area (Å²) in [7, 11) is 0. The number of nitrogen functional groups attached to an aromatic ring is 1. The number of aromatic nitrogens is 2. The molecule has 0 aliphatic rings. The molecule has 0 fully saturated rings. The van der Waals surface area contributed by atoms with Crippen LogP contribution in [0.4, 0.5) is 5.69 Å².